The van der Waals surface area contributed by atoms with Gasteiger partial charge in [-0.05, 0) is 20.8 Å². The van der Waals surface area contributed by atoms with Crippen molar-refractivity contribution in [3.63, 3.8) is 0 Å². The van der Waals surface area contributed by atoms with Gasteiger partial charge in [0, 0.05) is 0 Å². The molecule has 8 heavy (non-hydrogen) atoms. The number of hydrogen-bond acceptors (Lipinski definition) is 2. The van der Waals surface area contributed by atoms with Crippen LogP contribution in [-0.4, -0.2) is 12.1 Å². The molecule has 0 radical (unpaired) electrons. The topological polar surface area (TPSA) is 26.3 Å². The molecule has 2 heteroatoms. The summed E-state index contributed by atoms with van der Waals surface area (Å²) >= 11 is 0. The van der Waals surface area contributed by atoms with Crippen LogP contribution in [0.2, 0.25) is 0 Å². The van der Waals surface area contributed by atoms with E-state index in [2.05, 4.69) is 0 Å². The van der Waals surface area contributed by atoms with E-state index in [1.165, 1.54) is 0 Å². The summed E-state index contributed by atoms with van der Waals surface area (Å²) in [5, 5.41) is 0. The van der Waals surface area contributed by atoms with E-state index in [9.17, 15) is 4.79 Å². The second-order valence-electron chi connectivity index (χ2n) is 2.77. The second-order valence-corrected chi connectivity index (χ2v) is 2.77. The summed E-state index contributed by atoms with van der Waals surface area (Å²) in [6.07, 6.45) is 0.106. The van der Waals surface area contributed by atoms with Crippen LogP contribution in [-0.2, 0) is 9.53 Å². The van der Waals surface area contributed by atoms with Crippen molar-refractivity contribution in [2.24, 2.45) is 5.41 Å². The molecule has 1 aliphatic heterocycles. The van der Waals surface area contributed by atoms with Crippen molar-refractivity contribution >= 4 is 5.97 Å². The van der Waals surface area contributed by atoms with Gasteiger partial charge in [0.15, 0.2) is 0 Å². The Morgan fingerprint density at radius 2 is 2.12 bits per heavy atom. The van der Waals surface area contributed by atoms with Gasteiger partial charge in [0.2, 0.25) is 0 Å². The van der Waals surface area contributed by atoms with E-state index >= 15 is 0 Å². The molecule has 2 nitrogen and oxygen atoms in total. The van der Waals surface area contributed by atoms with Crippen molar-refractivity contribution in [2.45, 2.75) is 26.9 Å². The summed E-state index contributed by atoms with van der Waals surface area (Å²) in [4.78, 5) is 10.5. The quantitative estimate of drug-likeness (QED) is 0.438. The molecule has 1 aliphatic rings. The van der Waals surface area contributed by atoms with Gasteiger partial charge in [0.1, 0.15) is 6.10 Å². The lowest BCUT2D eigenvalue weighted by molar-refractivity contribution is -0.197. The predicted molar refractivity (Wildman–Crippen MR) is 29.3 cm³/mol. The molecule has 0 N–H and O–H groups in total. The van der Waals surface area contributed by atoms with E-state index in [0.29, 0.717) is 0 Å². The van der Waals surface area contributed by atoms with Crippen molar-refractivity contribution in [1.29, 1.82) is 0 Å². The first-order chi connectivity index (χ1) is 3.55. The Hall–Kier alpha value is -0.530. The van der Waals surface area contributed by atoms with Crippen molar-refractivity contribution in [1.82, 2.24) is 0 Å². The summed E-state index contributed by atoms with van der Waals surface area (Å²) < 4.78 is 4.72. The summed E-state index contributed by atoms with van der Waals surface area (Å²) in [5.41, 5.74) is -0.222. The Kier molecular flexibility index (Phi) is 0.872. The maximum absolute atomic E-state index is 10.5. The Balaban J connectivity index is 2.66. The van der Waals surface area contributed by atoms with Gasteiger partial charge in [-0.1, -0.05) is 0 Å². The average molecular weight is 114 g/mol. The number of hydrogen-bond donors (Lipinski definition) is 0. The summed E-state index contributed by atoms with van der Waals surface area (Å²) in [6.45, 7) is 5.69. The zero-order valence-corrected chi connectivity index (χ0v) is 5.39. The fourth-order valence-corrected chi connectivity index (χ4v) is 0.568. The van der Waals surface area contributed by atoms with Crippen LogP contribution in [0.1, 0.15) is 20.8 Å². The number of carbonyl (C=O) groups is 1. The number of cyclic esters (lactones) is 1. The van der Waals surface area contributed by atoms with E-state index in [1.807, 2.05) is 20.8 Å². The zero-order chi connectivity index (χ0) is 6.36. The Morgan fingerprint density at radius 1 is 1.62 bits per heavy atom. The van der Waals surface area contributed by atoms with Gasteiger partial charge < -0.3 is 4.74 Å². The van der Waals surface area contributed by atoms with Crippen molar-refractivity contribution in [2.75, 3.05) is 0 Å². The molecular formula is C6H10O2. The molecule has 1 rings (SSSR count). The lowest BCUT2D eigenvalue weighted by Crippen LogP contribution is -2.50. The lowest BCUT2D eigenvalue weighted by Gasteiger charge is -2.39. The van der Waals surface area contributed by atoms with Gasteiger partial charge in [0.05, 0.1) is 5.41 Å². The first kappa shape index (κ1) is 5.60. The first-order valence-corrected chi connectivity index (χ1v) is 2.76. The van der Waals surface area contributed by atoms with Gasteiger partial charge in [-0.3, -0.25) is 4.79 Å². The molecule has 0 aromatic carbocycles. The highest BCUT2D eigenvalue weighted by Crippen LogP contribution is 2.34. The molecule has 0 aromatic heterocycles. The van der Waals surface area contributed by atoms with E-state index in [0.717, 1.165) is 0 Å². The molecule has 1 saturated heterocycles. The molecule has 0 saturated carbocycles. The number of esters is 1. The predicted octanol–water partition coefficient (Wildman–Crippen LogP) is 0.958. The number of carbonyl (C=O) groups excluding carboxylic acids is 1. The van der Waals surface area contributed by atoms with Gasteiger partial charge >= 0.3 is 5.97 Å². The highest BCUT2D eigenvalue weighted by Gasteiger charge is 2.47. The van der Waals surface area contributed by atoms with E-state index in [1.54, 1.807) is 0 Å². The van der Waals surface area contributed by atoms with Crippen LogP contribution in [0.25, 0.3) is 0 Å². The highest BCUT2D eigenvalue weighted by atomic mass is 16.6. The molecule has 0 aliphatic carbocycles. The molecule has 0 unspecified atom stereocenters. The van der Waals surface area contributed by atoms with Gasteiger partial charge in [-0.2, -0.15) is 0 Å². The molecule has 46 valence electrons. The Morgan fingerprint density at radius 3 is 2.12 bits per heavy atom. The Bertz CT molecular complexity index is 126. The zero-order valence-electron chi connectivity index (χ0n) is 5.39. The summed E-state index contributed by atoms with van der Waals surface area (Å²) in [5.74, 6) is -0.0787. The van der Waals surface area contributed by atoms with Gasteiger partial charge in [-0.15, -0.1) is 0 Å². The number of rotatable bonds is 0. The first-order valence-electron chi connectivity index (χ1n) is 2.76. The fraction of sp³-hybridized carbons (Fsp3) is 0.833. The van der Waals surface area contributed by atoms with Crippen molar-refractivity contribution < 1.29 is 9.53 Å². The second kappa shape index (κ2) is 1.24. The van der Waals surface area contributed by atoms with Crippen LogP contribution in [0.5, 0.6) is 0 Å². The van der Waals surface area contributed by atoms with Crippen LogP contribution < -0.4 is 0 Å². The normalized spacial score (nSPS) is 33.4. The third-order valence-corrected chi connectivity index (χ3v) is 1.83. The molecule has 0 spiro atoms. The minimum Gasteiger partial charge on any atom is -0.461 e. The molecule has 1 fully saturated rings. The minimum absolute atomic E-state index is 0.0787. The molecule has 0 amide bonds. The minimum atomic E-state index is -0.222. The lowest BCUT2D eigenvalue weighted by atomic mass is 9.83. The maximum atomic E-state index is 10.5. The maximum Gasteiger partial charge on any atom is 0.315 e. The van der Waals surface area contributed by atoms with Gasteiger partial charge in [0.25, 0.3) is 0 Å². The van der Waals surface area contributed by atoms with Crippen molar-refractivity contribution in [3.8, 4) is 0 Å². The van der Waals surface area contributed by atoms with E-state index < -0.39 is 0 Å². The van der Waals surface area contributed by atoms with Crippen LogP contribution in [0.15, 0.2) is 0 Å². The summed E-state index contributed by atoms with van der Waals surface area (Å²) in [7, 11) is 0. The Labute approximate surface area is 48.8 Å². The van der Waals surface area contributed by atoms with Crippen LogP contribution >= 0.6 is 0 Å². The average Bonchev–Trinajstić information content (AvgIpc) is 1.68. The standard InChI is InChI=1S/C6H10O2/c1-4-6(2,3)5(7)8-4/h4H,1-3H3/t4-/m0/s1. The third kappa shape index (κ3) is 0.457. The molecule has 0 bridgehead atoms. The molecule has 1 heterocycles. The smallest absolute Gasteiger partial charge is 0.315 e. The fourth-order valence-electron chi connectivity index (χ4n) is 0.568. The largest absolute Gasteiger partial charge is 0.461 e. The third-order valence-electron chi connectivity index (χ3n) is 1.83. The van der Waals surface area contributed by atoms with Crippen LogP contribution in [0, 0.1) is 5.41 Å². The number of ether oxygens (including phenoxy) is 1. The van der Waals surface area contributed by atoms with Crippen LogP contribution in [0.3, 0.4) is 0 Å². The monoisotopic (exact) mass is 114 g/mol. The van der Waals surface area contributed by atoms with Gasteiger partial charge in [-0.25, -0.2) is 0 Å². The molecule has 1 atom stereocenters. The molecule has 0 aromatic rings. The van der Waals surface area contributed by atoms with E-state index in [-0.39, 0.29) is 17.5 Å². The highest BCUT2D eigenvalue weighted by molar-refractivity contribution is 5.81. The SMILES string of the molecule is C[C@@H]1OC(=O)C1(C)C. The van der Waals surface area contributed by atoms with E-state index in [4.69, 9.17) is 4.74 Å². The van der Waals surface area contributed by atoms with Crippen LogP contribution in [0.4, 0.5) is 0 Å². The summed E-state index contributed by atoms with van der Waals surface area (Å²) in [6, 6.07) is 0. The van der Waals surface area contributed by atoms with Crippen molar-refractivity contribution in [3.05, 3.63) is 0 Å². The molecular weight excluding hydrogens is 104 g/mol.